The summed E-state index contributed by atoms with van der Waals surface area (Å²) in [5.41, 5.74) is 0.428. The normalized spacial score (nSPS) is 28.0. The maximum Gasteiger partial charge on any atom is 0.158 e. The second-order valence-electron chi connectivity index (χ2n) is 8.21. The van der Waals surface area contributed by atoms with E-state index >= 15 is 0 Å². The van der Waals surface area contributed by atoms with Crippen LogP contribution in [0.4, 0.5) is 0 Å². The van der Waals surface area contributed by atoms with Crippen molar-refractivity contribution >= 4 is 0 Å². The zero-order chi connectivity index (χ0) is 18.3. The standard InChI is InChI=1S/C21H41NO3/c1-6-20(7-2)14-18(15-21(8-3,9-4)22-20)24-16-17(5)25-19-12-10-11-13-23-19/h17-19,22H,6-16H2,1-5H3. The van der Waals surface area contributed by atoms with Crippen molar-refractivity contribution in [2.45, 2.75) is 122 Å². The number of ether oxygens (including phenoxy) is 3. The SMILES string of the molecule is CCC1(CC)CC(OCC(C)OC2CCCCO2)CC(CC)(CC)N1. The molecule has 0 radical (unpaired) electrons. The van der Waals surface area contributed by atoms with Crippen LogP contribution < -0.4 is 5.32 Å². The molecule has 0 saturated carbocycles. The van der Waals surface area contributed by atoms with Gasteiger partial charge in [0.2, 0.25) is 0 Å². The van der Waals surface area contributed by atoms with Gasteiger partial charge >= 0.3 is 0 Å². The third-order valence-electron chi connectivity index (χ3n) is 6.56. The molecule has 0 aromatic heterocycles. The Morgan fingerprint density at radius 3 is 2.08 bits per heavy atom. The van der Waals surface area contributed by atoms with Gasteiger partial charge in [-0.1, -0.05) is 27.7 Å². The fourth-order valence-electron chi connectivity index (χ4n) is 4.55. The Morgan fingerprint density at radius 2 is 1.60 bits per heavy atom. The van der Waals surface area contributed by atoms with E-state index in [1.54, 1.807) is 0 Å². The molecule has 4 heteroatoms. The van der Waals surface area contributed by atoms with Gasteiger partial charge in [-0.15, -0.1) is 0 Å². The third-order valence-corrected chi connectivity index (χ3v) is 6.56. The fourth-order valence-corrected chi connectivity index (χ4v) is 4.55. The molecule has 2 saturated heterocycles. The Morgan fingerprint density at radius 1 is 1.00 bits per heavy atom. The number of rotatable bonds is 9. The molecule has 4 nitrogen and oxygen atoms in total. The van der Waals surface area contributed by atoms with Gasteiger partial charge in [0, 0.05) is 17.7 Å². The van der Waals surface area contributed by atoms with Crippen LogP contribution in [0.5, 0.6) is 0 Å². The van der Waals surface area contributed by atoms with Gasteiger partial charge in [-0.05, 0) is 64.7 Å². The van der Waals surface area contributed by atoms with Crippen LogP contribution in [0.1, 0.15) is 92.4 Å². The molecule has 148 valence electrons. The first-order valence-electron chi connectivity index (χ1n) is 10.7. The lowest BCUT2D eigenvalue weighted by Crippen LogP contribution is -2.64. The van der Waals surface area contributed by atoms with Crippen molar-refractivity contribution in [3.8, 4) is 0 Å². The fraction of sp³-hybridized carbons (Fsp3) is 1.00. The Bertz CT molecular complexity index is 353. The predicted molar refractivity (Wildman–Crippen MR) is 103 cm³/mol. The Balaban J connectivity index is 1.90. The first-order chi connectivity index (χ1) is 12.0. The van der Waals surface area contributed by atoms with Gasteiger partial charge < -0.3 is 19.5 Å². The van der Waals surface area contributed by atoms with E-state index in [4.69, 9.17) is 14.2 Å². The van der Waals surface area contributed by atoms with Crippen molar-refractivity contribution in [3.05, 3.63) is 0 Å². The van der Waals surface area contributed by atoms with E-state index in [0.717, 1.165) is 58.0 Å². The summed E-state index contributed by atoms with van der Waals surface area (Å²) in [7, 11) is 0. The highest BCUT2D eigenvalue weighted by Gasteiger charge is 2.44. The zero-order valence-corrected chi connectivity index (χ0v) is 17.2. The van der Waals surface area contributed by atoms with Gasteiger partial charge in [-0.2, -0.15) is 0 Å². The second kappa shape index (κ2) is 9.68. The predicted octanol–water partition coefficient (Wildman–Crippen LogP) is 4.80. The minimum absolute atomic E-state index is 0.0314. The lowest BCUT2D eigenvalue weighted by atomic mass is 9.72. The summed E-state index contributed by atoms with van der Waals surface area (Å²) in [6.07, 6.45) is 10.6. The maximum atomic E-state index is 6.38. The molecule has 1 N–H and O–H groups in total. The van der Waals surface area contributed by atoms with Gasteiger partial charge in [-0.25, -0.2) is 0 Å². The highest BCUT2D eigenvalue weighted by atomic mass is 16.7. The topological polar surface area (TPSA) is 39.7 Å². The molecular formula is C21H41NO3. The van der Waals surface area contributed by atoms with Crippen molar-refractivity contribution in [1.82, 2.24) is 5.32 Å². The van der Waals surface area contributed by atoms with Gasteiger partial charge in [0.15, 0.2) is 6.29 Å². The first-order valence-corrected chi connectivity index (χ1v) is 10.7. The van der Waals surface area contributed by atoms with E-state index in [1.165, 1.54) is 6.42 Å². The highest BCUT2D eigenvalue weighted by Crippen LogP contribution is 2.38. The van der Waals surface area contributed by atoms with E-state index in [9.17, 15) is 0 Å². The number of nitrogens with one attached hydrogen (secondary N) is 1. The molecule has 0 amide bonds. The van der Waals surface area contributed by atoms with Crippen molar-refractivity contribution in [2.75, 3.05) is 13.2 Å². The smallest absolute Gasteiger partial charge is 0.158 e. The van der Waals surface area contributed by atoms with E-state index in [1.807, 2.05) is 0 Å². The minimum Gasteiger partial charge on any atom is -0.375 e. The van der Waals surface area contributed by atoms with Crippen molar-refractivity contribution in [2.24, 2.45) is 0 Å². The monoisotopic (exact) mass is 355 g/mol. The van der Waals surface area contributed by atoms with Crippen LogP contribution in [0.25, 0.3) is 0 Å². The van der Waals surface area contributed by atoms with Crippen molar-refractivity contribution in [3.63, 3.8) is 0 Å². The number of piperidine rings is 1. The van der Waals surface area contributed by atoms with E-state index < -0.39 is 0 Å². The summed E-state index contributed by atoms with van der Waals surface area (Å²) in [6, 6.07) is 0. The first kappa shape index (κ1) is 21.1. The second-order valence-corrected chi connectivity index (χ2v) is 8.21. The highest BCUT2D eigenvalue weighted by molar-refractivity contribution is 5.04. The molecule has 2 aliphatic rings. The summed E-state index contributed by atoms with van der Waals surface area (Å²) < 4.78 is 18.1. The van der Waals surface area contributed by atoms with Crippen molar-refractivity contribution < 1.29 is 14.2 Å². The summed E-state index contributed by atoms with van der Waals surface area (Å²) in [5, 5.41) is 4.03. The van der Waals surface area contributed by atoms with E-state index in [0.29, 0.717) is 12.7 Å². The largest absolute Gasteiger partial charge is 0.375 e. The summed E-state index contributed by atoms with van der Waals surface area (Å²) >= 11 is 0. The van der Waals surface area contributed by atoms with Crippen LogP contribution in [0, 0.1) is 0 Å². The molecule has 25 heavy (non-hydrogen) atoms. The van der Waals surface area contributed by atoms with Crippen LogP contribution in [-0.2, 0) is 14.2 Å². The molecule has 0 aliphatic carbocycles. The molecule has 2 unspecified atom stereocenters. The Kier molecular flexibility index (Phi) is 8.19. The van der Waals surface area contributed by atoms with E-state index in [-0.39, 0.29) is 23.5 Å². The average molecular weight is 356 g/mol. The van der Waals surface area contributed by atoms with Crippen LogP contribution in [0.3, 0.4) is 0 Å². The van der Waals surface area contributed by atoms with Gasteiger partial charge in [0.1, 0.15) is 0 Å². The summed E-state index contributed by atoms with van der Waals surface area (Å²) in [6.45, 7) is 12.8. The van der Waals surface area contributed by atoms with Crippen molar-refractivity contribution in [1.29, 1.82) is 0 Å². The maximum absolute atomic E-state index is 6.38. The molecule has 2 aliphatic heterocycles. The molecule has 2 fully saturated rings. The quantitative estimate of drug-likeness (QED) is 0.644. The summed E-state index contributed by atoms with van der Waals surface area (Å²) in [5.74, 6) is 0. The lowest BCUT2D eigenvalue weighted by molar-refractivity contribution is -0.199. The Labute approximate surface area is 155 Å². The average Bonchev–Trinajstić information content (AvgIpc) is 2.66. The van der Waals surface area contributed by atoms with Crippen LogP contribution in [0.15, 0.2) is 0 Å². The van der Waals surface area contributed by atoms with E-state index in [2.05, 4.69) is 39.9 Å². The number of hydrogen-bond donors (Lipinski definition) is 1. The van der Waals surface area contributed by atoms with Crippen LogP contribution in [-0.4, -0.2) is 42.8 Å². The van der Waals surface area contributed by atoms with Gasteiger partial charge in [0.25, 0.3) is 0 Å². The molecule has 0 bridgehead atoms. The van der Waals surface area contributed by atoms with Gasteiger partial charge in [-0.3, -0.25) is 0 Å². The minimum atomic E-state index is -0.0314. The lowest BCUT2D eigenvalue weighted by Gasteiger charge is -2.52. The molecule has 0 aromatic rings. The number of hydrogen-bond acceptors (Lipinski definition) is 4. The molecule has 2 heterocycles. The molecule has 0 aromatic carbocycles. The zero-order valence-electron chi connectivity index (χ0n) is 17.2. The third kappa shape index (κ3) is 5.66. The summed E-state index contributed by atoms with van der Waals surface area (Å²) in [4.78, 5) is 0. The molecule has 2 atom stereocenters. The molecule has 0 spiro atoms. The van der Waals surface area contributed by atoms with Crippen LogP contribution >= 0.6 is 0 Å². The molecular weight excluding hydrogens is 314 g/mol. The van der Waals surface area contributed by atoms with Gasteiger partial charge in [0.05, 0.1) is 18.8 Å². The van der Waals surface area contributed by atoms with Crippen LogP contribution in [0.2, 0.25) is 0 Å². The molecule has 2 rings (SSSR count). The Hall–Kier alpha value is -0.160.